The lowest BCUT2D eigenvalue weighted by Crippen LogP contribution is -1.91. The van der Waals surface area contributed by atoms with Gasteiger partial charge in [0.1, 0.15) is 0 Å². The number of benzene rings is 6. The smallest absolute Gasteiger partial charge is 0.0710 e. The summed E-state index contributed by atoms with van der Waals surface area (Å²) in [5, 5.41) is 7.54. The normalized spacial score (nSPS) is 11.3. The van der Waals surface area contributed by atoms with Crippen LogP contribution in [0, 0.1) is 0 Å². The molecule has 0 unspecified atom stereocenters. The third-order valence-corrected chi connectivity index (χ3v) is 8.16. The Balaban J connectivity index is 1.29. The fourth-order valence-corrected chi connectivity index (χ4v) is 6.18. The molecule has 2 aromatic heterocycles. The van der Waals surface area contributed by atoms with Crippen LogP contribution in [0.25, 0.3) is 77.1 Å². The van der Waals surface area contributed by atoms with Gasteiger partial charge in [-0.25, -0.2) is 4.98 Å². The van der Waals surface area contributed by atoms with Crippen LogP contribution in [0.15, 0.2) is 158 Å². The monoisotopic (exact) mass is 534 g/mol. The van der Waals surface area contributed by atoms with Gasteiger partial charge in [-0.1, -0.05) is 115 Å². The molecule has 0 aliphatic heterocycles. The van der Waals surface area contributed by atoms with Crippen molar-refractivity contribution in [1.82, 2.24) is 9.97 Å². The van der Waals surface area contributed by atoms with E-state index in [9.17, 15) is 0 Å². The molecule has 0 radical (unpaired) electrons. The van der Waals surface area contributed by atoms with Gasteiger partial charge in [-0.05, 0) is 84.9 Å². The number of aromatic nitrogens is 2. The Kier molecular flexibility index (Phi) is 5.82. The van der Waals surface area contributed by atoms with Crippen molar-refractivity contribution in [2.24, 2.45) is 0 Å². The lowest BCUT2D eigenvalue weighted by Gasteiger charge is -2.18. The van der Waals surface area contributed by atoms with Crippen molar-refractivity contribution >= 4 is 32.3 Å². The Morgan fingerprint density at radius 1 is 0.333 bits per heavy atom. The zero-order chi connectivity index (χ0) is 27.9. The van der Waals surface area contributed by atoms with Gasteiger partial charge in [-0.3, -0.25) is 4.98 Å². The minimum atomic E-state index is 0.945. The second-order valence-corrected chi connectivity index (χ2v) is 10.6. The molecule has 0 N–H and O–H groups in total. The number of rotatable bonds is 4. The van der Waals surface area contributed by atoms with Gasteiger partial charge in [0, 0.05) is 23.5 Å². The minimum Gasteiger partial charge on any atom is -0.265 e. The molecule has 0 atom stereocenters. The van der Waals surface area contributed by atoms with E-state index in [1.165, 1.54) is 54.6 Å². The Bertz CT molecular complexity index is 2180. The highest BCUT2D eigenvalue weighted by Gasteiger charge is 2.17. The summed E-state index contributed by atoms with van der Waals surface area (Å²) < 4.78 is 0. The van der Waals surface area contributed by atoms with Crippen LogP contribution in [0.5, 0.6) is 0 Å². The molecule has 0 saturated carbocycles. The number of hydrogen-bond donors (Lipinski definition) is 0. The third kappa shape index (κ3) is 4.13. The zero-order valence-electron chi connectivity index (χ0n) is 22.9. The molecule has 2 heteroatoms. The average Bonchev–Trinajstić information content (AvgIpc) is 3.07. The number of nitrogens with zero attached hydrogens (tertiary/aromatic N) is 2. The van der Waals surface area contributed by atoms with Gasteiger partial charge < -0.3 is 0 Å². The molecule has 42 heavy (non-hydrogen) atoms. The van der Waals surface area contributed by atoms with Crippen LogP contribution in [0.4, 0.5) is 0 Å². The molecule has 0 fully saturated rings. The fraction of sp³-hybridized carbons (Fsp3) is 0. The highest BCUT2D eigenvalue weighted by Crippen LogP contribution is 2.44. The van der Waals surface area contributed by atoms with Crippen molar-refractivity contribution in [3.63, 3.8) is 0 Å². The summed E-state index contributed by atoms with van der Waals surface area (Å²) in [4.78, 5) is 9.09. The molecule has 0 aliphatic rings. The van der Waals surface area contributed by atoms with E-state index in [0.29, 0.717) is 0 Å². The summed E-state index contributed by atoms with van der Waals surface area (Å²) in [6.45, 7) is 0. The predicted molar refractivity (Wildman–Crippen MR) is 176 cm³/mol. The molecular formula is C40H26N2. The fourth-order valence-electron chi connectivity index (χ4n) is 6.18. The minimum absolute atomic E-state index is 0.945. The van der Waals surface area contributed by atoms with Gasteiger partial charge in [-0.2, -0.15) is 0 Å². The molecular weight excluding hydrogens is 508 g/mol. The summed E-state index contributed by atoms with van der Waals surface area (Å²) in [5.74, 6) is 0. The van der Waals surface area contributed by atoms with E-state index >= 15 is 0 Å². The first-order chi connectivity index (χ1) is 20.8. The molecule has 0 aliphatic carbocycles. The summed E-state index contributed by atoms with van der Waals surface area (Å²) in [6, 6.07) is 52.1. The van der Waals surface area contributed by atoms with Crippen LogP contribution in [0.3, 0.4) is 0 Å². The van der Waals surface area contributed by atoms with E-state index in [-0.39, 0.29) is 0 Å². The van der Waals surface area contributed by atoms with Gasteiger partial charge in [0.2, 0.25) is 0 Å². The van der Waals surface area contributed by atoms with E-state index in [2.05, 4.69) is 132 Å². The molecule has 8 aromatic rings. The van der Waals surface area contributed by atoms with Crippen LogP contribution in [-0.4, -0.2) is 9.97 Å². The lowest BCUT2D eigenvalue weighted by atomic mass is 9.85. The van der Waals surface area contributed by atoms with Crippen molar-refractivity contribution in [3.05, 3.63) is 158 Å². The summed E-state index contributed by atoms with van der Waals surface area (Å²) in [7, 11) is 0. The summed E-state index contributed by atoms with van der Waals surface area (Å²) >= 11 is 0. The molecule has 0 spiro atoms. The molecule has 0 saturated heterocycles. The predicted octanol–water partition coefficient (Wildman–Crippen LogP) is 10.6. The van der Waals surface area contributed by atoms with Gasteiger partial charge in [-0.15, -0.1) is 0 Å². The first kappa shape index (κ1) is 24.2. The Hall–Kier alpha value is -5.60. The SMILES string of the molecule is c1cc(-c2ccncc2)nc(-c2ccc(-c3c4ccccc4c(-c4ccc5ccccc5c4)c4ccccc34)cc2)c1. The number of pyridine rings is 2. The molecule has 0 amide bonds. The Labute approximate surface area is 244 Å². The van der Waals surface area contributed by atoms with Crippen molar-refractivity contribution < 1.29 is 0 Å². The van der Waals surface area contributed by atoms with Gasteiger partial charge in [0.15, 0.2) is 0 Å². The molecule has 6 aromatic carbocycles. The second-order valence-electron chi connectivity index (χ2n) is 10.6. The average molecular weight is 535 g/mol. The van der Waals surface area contributed by atoms with Crippen molar-refractivity contribution in [2.75, 3.05) is 0 Å². The van der Waals surface area contributed by atoms with Crippen LogP contribution >= 0.6 is 0 Å². The van der Waals surface area contributed by atoms with Crippen LogP contribution in [0.1, 0.15) is 0 Å². The van der Waals surface area contributed by atoms with E-state index in [1.807, 2.05) is 18.2 Å². The van der Waals surface area contributed by atoms with E-state index in [1.54, 1.807) is 12.4 Å². The molecule has 2 nitrogen and oxygen atoms in total. The van der Waals surface area contributed by atoms with Crippen molar-refractivity contribution in [2.45, 2.75) is 0 Å². The van der Waals surface area contributed by atoms with E-state index in [0.717, 1.165) is 22.5 Å². The van der Waals surface area contributed by atoms with Crippen LogP contribution < -0.4 is 0 Å². The van der Waals surface area contributed by atoms with Gasteiger partial charge in [0.25, 0.3) is 0 Å². The quantitative estimate of drug-likeness (QED) is 0.210. The van der Waals surface area contributed by atoms with Crippen LogP contribution in [0.2, 0.25) is 0 Å². The molecule has 8 rings (SSSR count). The summed E-state index contributed by atoms with van der Waals surface area (Å²) in [5.41, 5.74) is 9.03. The van der Waals surface area contributed by atoms with E-state index < -0.39 is 0 Å². The largest absolute Gasteiger partial charge is 0.265 e. The third-order valence-electron chi connectivity index (χ3n) is 8.16. The first-order valence-corrected chi connectivity index (χ1v) is 14.2. The number of hydrogen-bond acceptors (Lipinski definition) is 2. The highest BCUT2D eigenvalue weighted by molar-refractivity contribution is 6.21. The second kappa shape index (κ2) is 10.1. The summed E-state index contributed by atoms with van der Waals surface area (Å²) in [6.07, 6.45) is 3.61. The van der Waals surface area contributed by atoms with E-state index in [4.69, 9.17) is 4.98 Å². The Morgan fingerprint density at radius 2 is 0.810 bits per heavy atom. The number of fused-ring (bicyclic) bond motifs is 3. The lowest BCUT2D eigenvalue weighted by molar-refractivity contribution is 1.29. The van der Waals surface area contributed by atoms with Crippen molar-refractivity contribution in [1.29, 1.82) is 0 Å². The zero-order valence-corrected chi connectivity index (χ0v) is 22.9. The maximum absolute atomic E-state index is 4.95. The maximum Gasteiger partial charge on any atom is 0.0710 e. The Morgan fingerprint density at radius 3 is 1.43 bits per heavy atom. The maximum atomic E-state index is 4.95. The molecule has 196 valence electrons. The van der Waals surface area contributed by atoms with Gasteiger partial charge in [0.05, 0.1) is 11.4 Å². The first-order valence-electron chi connectivity index (χ1n) is 14.2. The van der Waals surface area contributed by atoms with Crippen molar-refractivity contribution in [3.8, 4) is 44.8 Å². The topological polar surface area (TPSA) is 25.8 Å². The standard InChI is InChI=1S/C40H26N2/c1-2-9-31-26-32(21-16-27(31)8-1)40-35-12-5-3-10-33(35)39(34-11-4-6-13-36(34)40)30-19-17-28(18-20-30)37-14-7-15-38(42-37)29-22-24-41-25-23-29/h1-26H. The highest BCUT2D eigenvalue weighted by atomic mass is 14.7. The molecule has 0 bridgehead atoms. The van der Waals surface area contributed by atoms with Gasteiger partial charge >= 0.3 is 0 Å². The molecule has 2 heterocycles. The van der Waals surface area contributed by atoms with Crippen LogP contribution in [-0.2, 0) is 0 Å².